The summed E-state index contributed by atoms with van der Waals surface area (Å²) in [5, 5.41) is 0. The van der Waals surface area contributed by atoms with Crippen molar-refractivity contribution in [3.8, 4) is 0 Å². The van der Waals surface area contributed by atoms with Crippen LogP contribution in [0.15, 0.2) is 170 Å². The fourth-order valence-electron chi connectivity index (χ4n) is 8.38. The van der Waals surface area contributed by atoms with Crippen molar-refractivity contribution in [1.82, 2.24) is 0 Å². The molecule has 0 heterocycles. The van der Waals surface area contributed by atoms with Crippen molar-refractivity contribution in [1.29, 1.82) is 0 Å². The smallest absolute Gasteiger partial charge is 0.306 e. The maximum absolute atomic E-state index is 12.9. The molecule has 1 atom stereocenters. The summed E-state index contributed by atoms with van der Waals surface area (Å²) in [6.07, 6.45) is 99.4. The maximum atomic E-state index is 12.9. The molecule has 1 unspecified atom stereocenters. The Morgan fingerprint density at radius 2 is 0.506 bits per heavy atom. The van der Waals surface area contributed by atoms with Gasteiger partial charge in [-0.05, 0) is 141 Å². The van der Waals surface area contributed by atoms with Crippen LogP contribution in [0.4, 0.5) is 0 Å². The highest BCUT2D eigenvalue weighted by Gasteiger charge is 2.19. The van der Waals surface area contributed by atoms with Crippen LogP contribution in [-0.2, 0) is 28.6 Å². The molecular formula is C75H118O6. The third kappa shape index (κ3) is 65.5. The predicted molar refractivity (Wildman–Crippen MR) is 352 cm³/mol. The minimum Gasteiger partial charge on any atom is -0.462 e. The SMILES string of the molecule is CC/C=C\C/C=C\C/C=C\C/C=C\C/C=C\C/C=C\C/C=C\CCCCCC(=O)OCC(COC(=O)CCCCCCCCCCC/C=C\CCCCCCCC)OC(=O)CC/C=C\C/C=C\C/C=C\C/C=C\C/C=C\C/C=C\CC. The summed E-state index contributed by atoms with van der Waals surface area (Å²) in [4.78, 5) is 38.3. The van der Waals surface area contributed by atoms with E-state index in [9.17, 15) is 14.4 Å². The number of carbonyl (C=O) groups excluding carboxylic acids is 3. The number of ether oxygens (including phenoxy) is 3. The minimum atomic E-state index is -0.844. The van der Waals surface area contributed by atoms with Gasteiger partial charge in [0, 0.05) is 19.3 Å². The molecule has 6 heteroatoms. The quantitative estimate of drug-likeness (QED) is 0.0261. The normalized spacial score (nSPS) is 13.3. The molecular weight excluding hydrogens is 997 g/mol. The third-order valence-corrected chi connectivity index (χ3v) is 13.2. The maximum Gasteiger partial charge on any atom is 0.306 e. The van der Waals surface area contributed by atoms with Crippen LogP contribution in [0.5, 0.6) is 0 Å². The van der Waals surface area contributed by atoms with Crippen LogP contribution >= 0.6 is 0 Å². The van der Waals surface area contributed by atoms with E-state index in [-0.39, 0.29) is 31.6 Å². The molecule has 0 aliphatic heterocycles. The van der Waals surface area contributed by atoms with Gasteiger partial charge in [0.2, 0.25) is 0 Å². The van der Waals surface area contributed by atoms with Crippen molar-refractivity contribution < 1.29 is 28.6 Å². The van der Waals surface area contributed by atoms with Gasteiger partial charge in [-0.25, -0.2) is 0 Å². The zero-order chi connectivity index (χ0) is 58.5. The van der Waals surface area contributed by atoms with Crippen molar-refractivity contribution in [2.24, 2.45) is 0 Å². The predicted octanol–water partition coefficient (Wildman–Crippen LogP) is 22.7. The van der Waals surface area contributed by atoms with Crippen molar-refractivity contribution >= 4 is 17.9 Å². The van der Waals surface area contributed by atoms with Gasteiger partial charge < -0.3 is 14.2 Å². The molecule has 0 spiro atoms. The zero-order valence-electron chi connectivity index (χ0n) is 52.0. The van der Waals surface area contributed by atoms with E-state index >= 15 is 0 Å². The van der Waals surface area contributed by atoms with Gasteiger partial charge in [-0.3, -0.25) is 14.4 Å². The number of unbranched alkanes of at least 4 members (excludes halogenated alkanes) is 18. The monoisotopic (exact) mass is 1110 g/mol. The Morgan fingerprint density at radius 3 is 0.827 bits per heavy atom. The molecule has 454 valence electrons. The summed E-state index contributed by atoms with van der Waals surface area (Å²) in [5.74, 6) is -1.05. The van der Waals surface area contributed by atoms with Crippen molar-refractivity contribution in [3.05, 3.63) is 170 Å². The molecule has 0 radical (unpaired) electrons. The Morgan fingerprint density at radius 1 is 0.259 bits per heavy atom. The number of hydrogen-bond acceptors (Lipinski definition) is 6. The van der Waals surface area contributed by atoms with Crippen molar-refractivity contribution in [3.63, 3.8) is 0 Å². The topological polar surface area (TPSA) is 78.9 Å². The summed E-state index contributed by atoms with van der Waals surface area (Å²) in [7, 11) is 0. The second-order valence-electron chi connectivity index (χ2n) is 20.9. The Bertz CT molecular complexity index is 1860. The Balaban J connectivity index is 4.58. The van der Waals surface area contributed by atoms with E-state index in [1.54, 1.807) is 0 Å². The number of allylic oxidation sites excluding steroid dienone is 28. The van der Waals surface area contributed by atoms with E-state index in [4.69, 9.17) is 14.2 Å². The van der Waals surface area contributed by atoms with Gasteiger partial charge in [0.1, 0.15) is 13.2 Å². The molecule has 0 fully saturated rings. The van der Waals surface area contributed by atoms with Gasteiger partial charge >= 0.3 is 17.9 Å². The van der Waals surface area contributed by atoms with Crippen LogP contribution in [0.2, 0.25) is 0 Å². The van der Waals surface area contributed by atoms with Crippen LogP contribution in [0.1, 0.15) is 265 Å². The average Bonchev–Trinajstić information content (AvgIpc) is 3.47. The van der Waals surface area contributed by atoms with Crippen LogP contribution in [0, 0.1) is 0 Å². The molecule has 0 amide bonds. The van der Waals surface area contributed by atoms with Gasteiger partial charge in [0.25, 0.3) is 0 Å². The van der Waals surface area contributed by atoms with E-state index in [0.29, 0.717) is 19.3 Å². The number of carbonyl (C=O) groups is 3. The highest BCUT2D eigenvalue weighted by Crippen LogP contribution is 2.14. The number of hydrogen-bond donors (Lipinski definition) is 0. The van der Waals surface area contributed by atoms with Gasteiger partial charge in [0.05, 0.1) is 0 Å². The summed E-state index contributed by atoms with van der Waals surface area (Å²) >= 11 is 0. The molecule has 81 heavy (non-hydrogen) atoms. The van der Waals surface area contributed by atoms with E-state index in [1.165, 1.54) is 89.9 Å². The fourth-order valence-corrected chi connectivity index (χ4v) is 8.38. The van der Waals surface area contributed by atoms with E-state index in [0.717, 1.165) is 128 Å². The first-order valence-corrected chi connectivity index (χ1v) is 32.6. The molecule has 0 aliphatic carbocycles. The molecule has 0 bridgehead atoms. The molecule has 0 saturated carbocycles. The summed E-state index contributed by atoms with van der Waals surface area (Å²) < 4.78 is 16.8. The van der Waals surface area contributed by atoms with Crippen LogP contribution in [0.25, 0.3) is 0 Å². The number of esters is 3. The van der Waals surface area contributed by atoms with Crippen LogP contribution in [-0.4, -0.2) is 37.2 Å². The molecule has 0 aromatic carbocycles. The van der Waals surface area contributed by atoms with Crippen LogP contribution < -0.4 is 0 Å². The molecule has 0 aliphatic rings. The Labute approximate surface area is 498 Å². The largest absolute Gasteiger partial charge is 0.462 e. The molecule has 0 rings (SSSR count). The fraction of sp³-hybridized carbons (Fsp3) is 0.587. The van der Waals surface area contributed by atoms with Gasteiger partial charge in [0.15, 0.2) is 6.10 Å². The lowest BCUT2D eigenvalue weighted by Crippen LogP contribution is -2.30. The van der Waals surface area contributed by atoms with E-state index < -0.39 is 12.1 Å². The van der Waals surface area contributed by atoms with E-state index in [1.807, 2.05) is 12.2 Å². The van der Waals surface area contributed by atoms with Crippen molar-refractivity contribution in [2.45, 2.75) is 271 Å². The Hall–Kier alpha value is -5.23. The van der Waals surface area contributed by atoms with Crippen molar-refractivity contribution in [2.75, 3.05) is 13.2 Å². The highest BCUT2D eigenvalue weighted by atomic mass is 16.6. The third-order valence-electron chi connectivity index (χ3n) is 13.2. The van der Waals surface area contributed by atoms with E-state index in [2.05, 4.69) is 179 Å². The summed E-state index contributed by atoms with van der Waals surface area (Å²) in [5.41, 5.74) is 0. The molecule has 0 saturated heterocycles. The van der Waals surface area contributed by atoms with Gasteiger partial charge in [-0.15, -0.1) is 0 Å². The Kier molecular flexibility index (Phi) is 62.9. The van der Waals surface area contributed by atoms with Crippen LogP contribution in [0.3, 0.4) is 0 Å². The molecule has 6 nitrogen and oxygen atoms in total. The lowest BCUT2D eigenvalue weighted by atomic mass is 10.1. The standard InChI is InChI=1S/C75H118O6/c1-4-7-10-13-16-19-22-25-28-31-34-35-36-37-38-39-42-44-47-50-53-56-59-62-65-68-74(77)80-71-72(81-75(78)69-66-63-60-57-54-51-48-45-41-33-30-27-24-21-18-15-12-9-6-3)70-79-73(76)67-64-61-58-55-52-49-46-43-40-32-29-26-23-20-17-14-11-8-5-2/h7,9-10,12,16,18-19,21,25-30,34-35,37-38,41-42,44-45,50-51,53-54,60,63,72H,4-6,8,11,13-15,17,20,22-24,31-33,36,39-40,43,46-49,52,55-59,61-62,64-71H2,1-3H3/b10-7-,12-9-,19-16-,21-18-,28-25-,29-26-,30-27-,35-34-,38-37-,44-42-,45-41-,53-50-,54-51-,63-60-. The first-order chi connectivity index (χ1) is 40.0. The average molecular weight is 1120 g/mol. The number of rotatable bonds is 57. The second kappa shape index (κ2) is 67.3. The second-order valence-corrected chi connectivity index (χ2v) is 20.9. The lowest BCUT2D eigenvalue weighted by molar-refractivity contribution is -0.166. The van der Waals surface area contributed by atoms with Gasteiger partial charge in [-0.2, -0.15) is 0 Å². The van der Waals surface area contributed by atoms with Gasteiger partial charge in [-0.1, -0.05) is 274 Å². The minimum absolute atomic E-state index is 0.127. The first-order valence-electron chi connectivity index (χ1n) is 32.6. The molecule has 0 N–H and O–H groups in total. The molecule has 0 aromatic heterocycles. The lowest BCUT2D eigenvalue weighted by Gasteiger charge is -2.18. The molecule has 0 aromatic rings. The first kappa shape index (κ1) is 75.8. The summed E-state index contributed by atoms with van der Waals surface area (Å²) in [6.45, 7) is 6.32. The highest BCUT2D eigenvalue weighted by molar-refractivity contribution is 5.71. The summed E-state index contributed by atoms with van der Waals surface area (Å²) in [6, 6.07) is 0. The zero-order valence-corrected chi connectivity index (χ0v) is 52.0.